The number of hydrogen-bond donors (Lipinski definition) is 1. The van der Waals surface area contributed by atoms with Crippen LogP contribution in [0, 0.1) is 11.6 Å². The number of benzene rings is 2. The van der Waals surface area contributed by atoms with Crippen LogP contribution in [-0.4, -0.2) is 4.98 Å². The van der Waals surface area contributed by atoms with E-state index < -0.39 is 17.7 Å². The summed E-state index contributed by atoms with van der Waals surface area (Å²) in [4.78, 5) is 4.15. The maximum Gasteiger partial charge on any atom is 0.129 e. The summed E-state index contributed by atoms with van der Waals surface area (Å²) in [5.74, 6) is -1.14. The molecule has 0 spiro atoms. The summed E-state index contributed by atoms with van der Waals surface area (Å²) in [6, 6.07) is 11.0. The van der Waals surface area contributed by atoms with Crippen molar-refractivity contribution in [3.63, 3.8) is 0 Å². The fraction of sp³-hybridized carbons (Fsp3) is 0.118. The molecule has 2 aromatic carbocycles. The first kappa shape index (κ1) is 13.6. The lowest BCUT2D eigenvalue weighted by Crippen LogP contribution is -2.16. The Morgan fingerprint density at radius 2 is 1.67 bits per heavy atom. The minimum atomic E-state index is -0.571. The van der Waals surface area contributed by atoms with Gasteiger partial charge in [-0.3, -0.25) is 4.98 Å². The van der Waals surface area contributed by atoms with Crippen molar-refractivity contribution in [3.05, 3.63) is 77.6 Å². The van der Waals surface area contributed by atoms with E-state index in [1.165, 1.54) is 18.2 Å². The van der Waals surface area contributed by atoms with Crippen LogP contribution in [0.4, 0.5) is 8.78 Å². The Morgan fingerprint density at radius 1 is 0.952 bits per heavy atom. The lowest BCUT2D eigenvalue weighted by molar-refractivity contribution is 0.540. The van der Waals surface area contributed by atoms with Crippen LogP contribution in [0.15, 0.2) is 54.9 Å². The van der Waals surface area contributed by atoms with E-state index in [2.05, 4.69) is 4.98 Å². The molecule has 3 aromatic rings. The molecule has 106 valence electrons. The van der Waals surface area contributed by atoms with Crippen LogP contribution in [0.3, 0.4) is 0 Å². The molecule has 21 heavy (non-hydrogen) atoms. The number of fused-ring (bicyclic) bond motifs is 1. The van der Waals surface area contributed by atoms with E-state index in [1.54, 1.807) is 12.4 Å². The van der Waals surface area contributed by atoms with Crippen molar-refractivity contribution in [1.82, 2.24) is 4.98 Å². The predicted molar refractivity (Wildman–Crippen MR) is 78.7 cm³/mol. The highest BCUT2D eigenvalue weighted by Crippen LogP contribution is 2.25. The largest absolute Gasteiger partial charge is 0.324 e. The average molecular weight is 284 g/mol. The average Bonchev–Trinajstić information content (AvgIpc) is 2.50. The minimum Gasteiger partial charge on any atom is -0.324 e. The number of halogens is 2. The topological polar surface area (TPSA) is 38.9 Å². The van der Waals surface area contributed by atoms with Crippen molar-refractivity contribution in [2.45, 2.75) is 12.5 Å². The molecule has 0 radical (unpaired) electrons. The number of hydrogen-bond acceptors (Lipinski definition) is 2. The molecule has 2 N–H and O–H groups in total. The summed E-state index contributed by atoms with van der Waals surface area (Å²) in [5, 5.41) is 1.91. The molecule has 0 aliphatic heterocycles. The third-order valence-electron chi connectivity index (χ3n) is 3.58. The standard InChI is InChI=1S/C17H14F2N2/c18-15-6-3-7-16(19)13(15)8-17(20)14-10-21-9-11-4-1-2-5-12(11)14/h1-7,9-10,17H,8,20H2. The summed E-state index contributed by atoms with van der Waals surface area (Å²) in [5.41, 5.74) is 6.96. The van der Waals surface area contributed by atoms with Gasteiger partial charge in [0.05, 0.1) is 0 Å². The zero-order valence-electron chi connectivity index (χ0n) is 11.3. The summed E-state index contributed by atoms with van der Waals surface area (Å²) in [6.07, 6.45) is 3.50. The van der Waals surface area contributed by atoms with Gasteiger partial charge in [0.1, 0.15) is 11.6 Å². The summed E-state index contributed by atoms with van der Waals surface area (Å²) < 4.78 is 27.5. The van der Waals surface area contributed by atoms with E-state index in [1.807, 2.05) is 24.3 Å². The first-order valence-electron chi connectivity index (χ1n) is 6.68. The van der Waals surface area contributed by atoms with E-state index in [-0.39, 0.29) is 12.0 Å². The molecule has 3 rings (SSSR count). The van der Waals surface area contributed by atoms with E-state index in [4.69, 9.17) is 5.73 Å². The Hall–Kier alpha value is -2.33. The quantitative estimate of drug-likeness (QED) is 0.795. The van der Waals surface area contributed by atoms with Gasteiger partial charge in [0, 0.05) is 29.4 Å². The van der Waals surface area contributed by atoms with Gasteiger partial charge < -0.3 is 5.73 Å². The highest BCUT2D eigenvalue weighted by molar-refractivity contribution is 5.85. The van der Waals surface area contributed by atoms with Gasteiger partial charge in [0.15, 0.2) is 0 Å². The molecule has 1 heterocycles. The fourth-order valence-corrected chi connectivity index (χ4v) is 2.49. The first-order valence-corrected chi connectivity index (χ1v) is 6.68. The number of pyridine rings is 1. The molecular formula is C17H14F2N2. The Kier molecular flexibility index (Phi) is 3.62. The molecule has 0 fully saturated rings. The van der Waals surface area contributed by atoms with Gasteiger partial charge in [-0.15, -0.1) is 0 Å². The molecular weight excluding hydrogens is 270 g/mol. The van der Waals surface area contributed by atoms with Crippen LogP contribution < -0.4 is 5.73 Å². The second kappa shape index (κ2) is 5.58. The van der Waals surface area contributed by atoms with Crippen LogP contribution in [0.5, 0.6) is 0 Å². The first-order chi connectivity index (χ1) is 10.2. The molecule has 1 atom stereocenters. The Bertz CT molecular complexity index is 761. The van der Waals surface area contributed by atoms with Crippen molar-refractivity contribution < 1.29 is 8.78 Å². The fourth-order valence-electron chi connectivity index (χ4n) is 2.49. The molecule has 0 aliphatic carbocycles. The van der Waals surface area contributed by atoms with E-state index >= 15 is 0 Å². The highest BCUT2D eigenvalue weighted by Gasteiger charge is 2.16. The van der Waals surface area contributed by atoms with E-state index in [0.29, 0.717) is 0 Å². The zero-order chi connectivity index (χ0) is 14.8. The van der Waals surface area contributed by atoms with Gasteiger partial charge in [0.25, 0.3) is 0 Å². The third-order valence-corrected chi connectivity index (χ3v) is 3.58. The minimum absolute atomic E-state index is 0.0120. The van der Waals surface area contributed by atoms with Gasteiger partial charge in [-0.05, 0) is 29.5 Å². The second-order valence-corrected chi connectivity index (χ2v) is 4.96. The number of nitrogens with zero attached hydrogens (tertiary/aromatic N) is 1. The lowest BCUT2D eigenvalue weighted by atomic mass is 9.96. The molecule has 0 aliphatic rings. The number of rotatable bonds is 3. The maximum atomic E-state index is 13.7. The zero-order valence-corrected chi connectivity index (χ0v) is 11.3. The van der Waals surface area contributed by atoms with Gasteiger partial charge in [-0.2, -0.15) is 0 Å². The number of nitrogens with two attached hydrogens (primary N) is 1. The molecule has 1 aromatic heterocycles. The number of aromatic nitrogens is 1. The second-order valence-electron chi connectivity index (χ2n) is 4.96. The molecule has 0 amide bonds. The summed E-state index contributed by atoms with van der Waals surface area (Å²) in [6.45, 7) is 0. The highest BCUT2D eigenvalue weighted by atomic mass is 19.1. The Balaban J connectivity index is 2.00. The maximum absolute atomic E-state index is 13.7. The molecule has 0 saturated carbocycles. The predicted octanol–water partition coefficient (Wildman–Crippen LogP) is 3.76. The molecule has 0 saturated heterocycles. The monoisotopic (exact) mass is 284 g/mol. The molecule has 1 unspecified atom stereocenters. The van der Waals surface area contributed by atoms with Gasteiger partial charge in [0.2, 0.25) is 0 Å². The van der Waals surface area contributed by atoms with Crippen LogP contribution >= 0.6 is 0 Å². The summed E-state index contributed by atoms with van der Waals surface area (Å²) >= 11 is 0. The van der Waals surface area contributed by atoms with Gasteiger partial charge >= 0.3 is 0 Å². The summed E-state index contributed by atoms with van der Waals surface area (Å²) in [7, 11) is 0. The van der Waals surface area contributed by atoms with E-state index in [9.17, 15) is 8.78 Å². The molecule has 4 heteroatoms. The molecule has 0 bridgehead atoms. The lowest BCUT2D eigenvalue weighted by Gasteiger charge is -2.15. The van der Waals surface area contributed by atoms with Crippen LogP contribution in [0.1, 0.15) is 17.2 Å². The van der Waals surface area contributed by atoms with Crippen LogP contribution in [0.2, 0.25) is 0 Å². The third kappa shape index (κ3) is 2.62. The SMILES string of the molecule is NC(Cc1c(F)cccc1F)c1cncc2ccccc12. The Labute approximate surface area is 121 Å². The van der Waals surface area contributed by atoms with Crippen LogP contribution in [-0.2, 0) is 6.42 Å². The smallest absolute Gasteiger partial charge is 0.129 e. The van der Waals surface area contributed by atoms with Crippen molar-refractivity contribution in [3.8, 4) is 0 Å². The van der Waals surface area contributed by atoms with Crippen LogP contribution in [0.25, 0.3) is 10.8 Å². The normalized spacial score (nSPS) is 12.5. The van der Waals surface area contributed by atoms with Crippen molar-refractivity contribution in [2.24, 2.45) is 5.73 Å². The Morgan fingerprint density at radius 3 is 2.43 bits per heavy atom. The van der Waals surface area contributed by atoms with Crippen molar-refractivity contribution >= 4 is 10.8 Å². The van der Waals surface area contributed by atoms with Crippen molar-refractivity contribution in [1.29, 1.82) is 0 Å². The van der Waals surface area contributed by atoms with Gasteiger partial charge in [-0.25, -0.2) is 8.78 Å². The van der Waals surface area contributed by atoms with Crippen molar-refractivity contribution in [2.75, 3.05) is 0 Å². The van der Waals surface area contributed by atoms with E-state index in [0.717, 1.165) is 16.3 Å². The van der Waals surface area contributed by atoms with Gasteiger partial charge in [-0.1, -0.05) is 30.3 Å². The molecule has 2 nitrogen and oxygen atoms in total.